The summed E-state index contributed by atoms with van der Waals surface area (Å²) in [5.41, 5.74) is 0. The van der Waals surface area contributed by atoms with Gasteiger partial charge in [0.25, 0.3) is 0 Å². The van der Waals surface area contributed by atoms with E-state index in [9.17, 15) is 13.2 Å². The van der Waals surface area contributed by atoms with Gasteiger partial charge in [-0.1, -0.05) is 0 Å². The Kier molecular flexibility index (Phi) is 7.04. The molecule has 0 unspecified atom stereocenters. The van der Waals surface area contributed by atoms with Crippen LogP contribution in [0.3, 0.4) is 0 Å². The van der Waals surface area contributed by atoms with E-state index in [-0.39, 0.29) is 30.6 Å². The summed E-state index contributed by atoms with van der Waals surface area (Å²) in [6.45, 7) is 1.46. The van der Waals surface area contributed by atoms with Gasteiger partial charge in [-0.25, -0.2) is 8.42 Å². The molecule has 0 bridgehead atoms. The number of likely N-dealkylation sites (N-methyl/N-ethyl adjacent to an activating group) is 1. The highest BCUT2D eigenvalue weighted by Gasteiger charge is 2.21. The van der Waals surface area contributed by atoms with Crippen molar-refractivity contribution in [2.45, 2.75) is 12.8 Å². The van der Waals surface area contributed by atoms with Crippen molar-refractivity contribution in [3.05, 3.63) is 0 Å². The van der Waals surface area contributed by atoms with Gasteiger partial charge in [-0.15, -0.1) is 12.4 Å². The highest BCUT2D eigenvalue weighted by molar-refractivity contribution is 7.90. The van der Waals surface area contributed by atoms with Gasteiger partial charge in [0.1, 0.15) is 9.84 Å². The van der Waals surface area contributed by atoms with E-state index in [0.717, 1.165) is 12.5 Å². The fraction of sp³-hybridized carbons (Fsp3) is 0.900. The number of halogens is 1. The van der Waals surface area contributed by atoms with E-state index in [1.54, 1.807) is 7.05 Å². The first-order chi connectivity index (χ1) is 7.38. The number of hydrogen-bond donors (Lipinski definition) is 1. The van der Waals surface area contributed by atoms with Gasteiger partial charge in [-0.2, -0.15) is 0 Å². The maximum absolute atomic E-state index is 11.5. The summed E-state index contributed by atoms with van der Waals surface area (Å²) in [6.07, 6.45) is 3.69. The van der Waals surface area contributed by atoms with Crippen LogP contribution in [0.2, 0.25) is 0 Å². The summed E-state index contributed by atoms with van der Waals surface area (Å²) in [6, 6.07) is 0. The monoisotopic (exact) mass is 284 g/mol. The van der Waals surface area contributed by atoms with E-state index in [2.05, 4.69) is 5.32 Å². The number of amides is 1. The van der Waals surface area contributed by atoms with Crippen molar-refractivity contribution in [2.24, 2.45) is 5.92 Å². The zero-order chi connectivity index (χ0) is 12.2. The third kappa shape index (κ3) is 8.40. The van der Waals surface area contributed by atoms with Crippen molar-refractivity contribution in [1.29, 1.82) is 0 Å². The molecule has 0 heterocycles. The molecule has 0 saturated heterocycles. The Balaban J connectivity index is 0.00000256. The van der Waals surface area contributed by atoms with E-state index >= 15 is 0 Å². The first kappa shape index (κ1) is 16.7. The van der Waals surface area contributed by atoms with Crippen LogP contribution >= 0.6 is 12.4 Å². The van der Waals surface area contributed by atoms with Gasteiger partial charge < -0.3 is 10.2 Å². The predicted octanol–water partition coefficient (Wildman–Crippen LogP) is -0.0892. The number of rotatable bonds is 7. The smallest absolute Gasteiger partial charge is 0.236 e. The van der Waals surface area contributed by atoms with Crippen molar-refractivity contribution in [3.63, 3.8) is 0 Å². The summed E-state index contributed by atoms with van der Waals surface area (Å²) in [7, 11) is -1.36. The molecule has 0 aromatic carbocycles. The van der Waals surface area contributed by atoms with Crippen LogP contribution in [0.25, 0.3) is 0 Å². The van der Waals surface area contributed by atoms with Gasteiger partial charge in [-0.3, -0.25) is 4.79 Å². The Hall–Kier alpha value is -0.330. The van der Waals surface area contributed by atoms with E-state index in [1.165, 1.54) is 24.0 Å². The first-order valence-corrected chi connectivity index (χ1v) is 7.57. The van der Waals surface area contributed by atoms with Gasteiger partial charge in [-0.05, 0) is 25.3 Å². The maximum Gasteiger partial charge on any atom is 0.236 e. The van der Waals surface area contributed by atoms with E-state index < -0.39 is 9.84 Å². The third-order valence-corrected chi connectivity index (χ3v) is 3.55. The molecular weight excluding hydrogens is 264 g/mol. The zero-order valence-electron chi connectivity index (χ0n) is 10.3. The number of nitrogens with zero attached hydrogens (tertiary/aromatic N) is 1. The lowest BCUT2D eigenvalue weighted by atomic mass is 10.4. The van der Waals surface area contributed by atoms with Crippen LogP contribution in [0.5, 0.6) is 0 Å². The Morgan fingerprint density at radius 2 is 2.00 bits per heavy atom. The van der Waals surface area contributed by atoms with E-state index in [4.69, 9.17) is 0 Å². The van der Waals surface area contributed by atoms with E-state index in [1.807, 2.05) is 0 Å². The molecule has 0 radical (unpaired) electrons. The summed E-state index contributed by atoms with van der Waals surface area (Å²) in [4.78, 5) is 13.0. The zero-order valence-corrected chi connectivity index (χ0v) is 11.9. The van der Waals surface area contributed by atoms with Crippen molar-refractivity contribution in [1.82, 2.24) is 10.2 Å². The molecule has 5 nitrogen and oxygen atoms in total. The van der Waals surface area contributed by atoms with Crippen molar-refractivity contribution < 1.29 is 13.2 Å². The molecule has 1 aliphatic rings. The predicted molar refractivity (Wildman–Crippen MR) is 70.2 cm³/mol. The minimum absolute atomic E-state index is 0. The molecule has 0 aromatic rings. The lowest BCUT2D eigenvalue weighted by Crippen LogP contribution is -2.38. The normalized spacial score (nSPS) is 15.2. The fourth-order valence-electron chi connectivity index (χ4n) is 1.27. The van der Waals surface area contributed by atoms with Crippen molar-refractivity contribution in [3.8, 4) is 0 Å². The van der Waals surface area contributed by atoms with Gasteiger partial charge in [0.05, 0.1) is 12.3 Å². The molecular formula is C10H21ClN2O3S. The molecule has 0 atom stereocenters. The molecule has 1 amide bonds. The molecule has 7 heteroatoms. The molecule has 1 fully saturated rings. The number of hydrogen-bond acceptors (Lipinski definition) is 4. The number of carbonyl (C=O) groups is 1. The molecule has 1 saturated carbocycles. The lowest BCUT2D eigenvalue weighted by Gasteiger charge is -2.16. The average Bonchev–Trinajstić information content (AvgIpc) is 2.96. The van der Waals surface area contributed by atoms with Crippen molar-refractivity contribution in [2.75, 3.05) is 38.7 Å². The van der Waals surface area contributed by atoms with Crippen LogP contribution in [0.4, 0.5) is 0 Å². The lowest BCUT2D eigenvalue weighted by molar-refractivity contribution is -0.128. The molecule has 102 valence electrons. The second-order valence-corrected chi connectivity index (χ2v) is 6.78. The summed E-state index contributed by atoms with van der Waals surface area (Å²) in [5, 5.41) is 3.08. The second kappa shape index (κ2) is 7.18. The number of nitrogens with one attached hydrogen (secondary N) is 1. The minimum atomic E-state index is -2.99. The van der Waals surface area contributed by atoms with Gasteiger partial charge >= 0.3 is 0 Å². The standard InChI is InChI=1S/C10H20N2O3S.ClH/c1-12(5-6-16(2,14)15)10(13)8-11-7-9-3-4-9;/h9,11H,3-8H2,1-2H3;1H. The Morgan fingerprint density at radius 1 is 1.41 bits per heavy atom. The Morgan fingerprint density at radius 3 is 2.47 bits per heavy atom. The van der Waals surface area contributed by atoms with Gasteiger partial charge in [0, 0.05) is 19.8 Å². The molecule has 1 aliphatic carbocycles. The third-order valence-electron chi connectivity index (χ3n) is 2.63. The summed E-state index contributed by atoms with van der Waals surface area (Å²) >= 11 is 0. The van der Waals surface area contributed by atoms with Crippen LogP contribution < -0.4 is 5.32 Å². The van der Waals surface area contributed by atoms with Gasteiger partial charge in [0.2, 0.25) is 5.91 Å². The second-order valence-electron chi connectivity index (χ2n) is 4.52. The highest BCUT2D eigenvalue weighted by Crippen LogP contribution is 2.27. The quantitative estimate of drug-likeness (QED) is 0.710. The van der Waals surface area contributed by atoms with Crippen LogP contribution in [-0.2, 0) is 14.6 Å². The topological polar surface area (TPSA) is 66.5 Å². The summed E-state index contributed by atoms with van der Waals surface area (Å²) < 4.78 is 21.8. The van der Waals surface area contributed by atoms with Crippen LogP contribution in [0.15, 0.2) is 0 Å². The fourth-order valence-corrected chi connectivity index (χ4v) is 1.87. The van der Waals surface area contributed by atoms with Crippen molar-refractivity contribution >= 4 is 28.2 Å². The Bertz CT molecular complexity index is 341. The summed E-state index contributed by atoms with van der Waals surface area (Å²) in [5.74, 6) is 0.719. The molecule has 0 aliphatic heterocycles. The molecule has 1 rings (SSSR count). The molecule has 0 spiro atoms. The largest absolute Gasteiger partial charge is 0.344 e. The number of sulfone groups is 1. The van der Waals surface area contributed by atoms with Crippen LogP contribution in [0.1, 0.15) is 12.8 Å². The van der Waals surface area contributed by atoms with E-state index in [0.29, 0.717) is 6.54 Å². The maximum atomic E-state index is 11.5. The molecule has 1 N–H and O–H groups in total. The highest BCUT2D eigenvalue weighted by atomic mass is 35.5. The van der Waals surface area contributed by atoms with Crippen LogP contribution in [-0.4, -0.2) is 57.9 Å². The average molecular weight is 285 g/mol. The number of carbonyl (C=O) groups excluding carboxylic acids is 1. The SMILES string of the molecule is CN(CCS(C)(=O)=O)C(=O)CNCC1CC1.Cl. The first-order valence-electron chi connectivity index (χ1n) is 5.51. The minimum Gasteiger partial charge on any atom is -0.344 e. The van der Waals surface area contributed by atoms with Gasteiger partial charge in [0.15, 0.2) is 0 Å². The Labute approximate surface area is 109 Å². The molecule has 0 aromatic heterocycles. The molecule has 17 heavy (non-hydrogen) atoms. The van der Waals surface area contributed by atoms with Crippen LogP contribution in [0, 0.1) is 5.92 Å².